The molecule has 1 aromatic rings. The van der Waals surface area contributed by atoms with Gasteiger partial charge in [-0.15, -0.1) is 0 Å². The number of phenolic OH excluding ortho intramolecular Hbond substituents is 2. The zero-order valence-electron chi connectivity index (χ0n) is 13.0. The molecule has 0 bridgehead atoms. The van der Waals surface area contributed by atoms with Crippen LogP contribution in [0.4, 0.5) is 0 Å². The maximum absolute atomic E-state index is 12.3. The minimum absolute atomic E-state index is 0.0718. The molecule has 0 saturated carbocycles. The van der Waals surface area contributed by atoms with E-state index in [1.807, 2.05) is 12.2 Å². The van der Waals surface area contributed by atoms with Crippen LogP contribution in [0.1, 0.15) is 42.1 Å². The lowest BCUT2D eigenvalue weighted by Gasteiger charge is -2.15. The van der Waals surface area contributed by atoms with Crippen molar-refractivity contribution in [2.75, 3.05) is 0 Å². The van der Waals surface area contributed by atoms with Crippen molar-refractivity contribution in [3.8, 4) is 11.5 Å². The summed E-state index contributed by atoms with van der Waals surface area (Å²) in [5.41, 5.74) is 0.180. The third-order valence-electron chi connectivity index (χ3n) is 3.50. The summed E-state index contributed by atoms with van der Waals surface area (Å²) in [6.07, 6.45) is 8.83. The number of phenols is 2. The summed E-state index contributed by atoms with van der Waals surface area (Å²) in [5.74, 6) is -1.51. The number of fused-ring (bicyclic) bond motifs is 1. The third-order valence-corrected chi connectivity index (χ3v) is 3.50. The van der Waals surface area contributed by atoms with Crippen molar-refractivity contribution in [3.63, 3.8) is 0 Å². The fourth-order valence-corrected chi connectivity index (χ4v) is 2.39. The Hall–Kier alpha value is -2.56. The van der Waals surface area contributed by atoms with Gasteiger partial charge >= 0.3 is 5.97 Å². The smallest absolute Gasteiger partial charge is 0.342 e. The Labute approximate surface area is 134 Å². The number of ketones is 1. The van der Waals surface area contributed by atoms with Crippen LogP contribution in [0.15, 0.2) is 36.4 Å². The number of hydrogen-bond acceptors (Lipinski definition) is 5. The van der Waals surface area contributed by atoms with Crippen LogP contribution in [0, 0.1) is 0 Å². The van der Waals surface area contributed by atoms with Gasteiger partial charge in [-0.1, -0.05) is 18.2 Å². The first-order valence-corrected chi connectivity index (χ1v) is 7.57. The van der Waals surface area contributed by atoms with Gasteiger partial charge in [-0.3, -0.25) is 4.79 Å². The highest BCUT2D eigenvalue weighted by atomic mass is 16.5. The molecule has 0 amide bonds. The summed E-state index contributed by atoms with van der Waals surface area (Å²) in [5, 5.41) is 19.6. The van der Waals surface area contributed by atoms with Gasteiger partial charge in [0.1, 0.15) is 23.2 Å². The highest BCUT2D eigenvalue weighted by molar-refractivity contribution is 5.98. The number of esters is 1. The summed E-state index contributed by atoms with van der Waals surface area (Å²) in [4.78, 5) is 24.3. The minimum atomic E-state index is -0.702. The molecule has 23 heavy (non-hydrogen) atoms. The predicted octanol–water partition coefficient (Wildman–Crippen LogP) is 3.05. The van der Waals surface area contributed by atoms with Crippen LogP contribution in [-0.4, -0.2) is 28.1 Å². The number of ether oxygens (including phenoxy) is 1. The van der Waals surface area contributed by atoms with Gasteiger partial charge in [-0.25, -0.2) is 4.79 Å². The van der Waals surface area contributed by atoms with Gasteiger partial charge in [-0.2, -0.15) is 0 Å². The molecule has 1 aromatic carbocycles. The second kappa shape index (κ2) is 7.63. The van der Waals surface area contributed by atoms with Crippen molar-refractivity contribution in [3.05, 3.63) is 47.6 Å². The minimum Gasteiger partial charge on any atom is -0.508 e. The lowest BCUT2D eigenvalue weighted by atomic mass is 10.00. The molecule has 1 aliphatic rings. The van der Waals surface area contributed by atoms with E-state index in [4.69, 9.17) is 4.74 Å². The monoisotopic (exact) mass is 316 g/mol. The van der Waals surface area contributed by atoms with E-state index in [1.54, 1.807) is 13.0 Å². The average molecular weight is 316 g/mol. The highest BCUT2D eigenvalue weighted by Crippen LogP contribution is 2.29. The van der Waals surface area contributed by atoms with E-state index < -0.39 is 11.7 Å². The second-order valence-corrected chi connectivity index (χ2v) is 5.54. The zero-order valence-corrected chi connectivity index (χ0v) is 13.0. The molecule has 2 rings (SSSR count). The summed E-state index contributed by atoms with van der Waals surface area (Å²) < 4.78 is 5.32. The third kappa shape index (κ3) is 4.71. The molecule has 2 N–H and O–H groups in total. The molecule has 0 aromatic heterocycles. The van der Waals surface area contributed by atoms with Crippen LogP contribution in [0.2, 0.25) is 0 Å². The van der Waals surface area contributed by atoms with Crippen LogP contribution in [0.5, 0.6) is 11.5 Å². The lowest BCUT2D eigenvalue weighted by molar-refractivity contribution is -0.114. The Balaban J connectivity index is 2.40. The van der Waals surface area contributed by atoms with Crippen molar-refractivity contribution in [2.24, 2.45) is 0 Å². The molecular formula is C18H20O5. The molecule has 122 valence electrons. The molecule has 0 fully saturated rings. The standard InChI is InChI=1S/C18H20O5/c1-12-7-5-3-2-4-6-8-14(19)9-13-10-15(20)11-16(21)17(13)18(22)23-12/h3,5-6,8,10-12,20-21H,2,4,7,9H2,1H3/t12-/m0/s1. The van der Waals surface area contributed by atoms with Gasteiger partial charge in [0.25, 0.3) is 0 Å². The van der Waals surface area contributed by atoms with Gasteiger partial charge in [-0.05, 0) is 37.5 Å². The predicted molar refractivity (Wildman–Crippen MR) is 85.5 cm³/mol. The molecule has 1 atom stereocenters. The molecule has 0 aliphatic carbocycles. The van der Waals surface area contributed by atoms with Gasteiger partial charge < -0.3 is 14.9 Å². The topological polar surface area (TPSA) is 83.8 Å². The van der Waals surface area contributed by atoms with E-state index in [2.05, 4.69) is 0 Å². The van der Waals surface area contributed by atoms with Gasteiger partial charge in [0, 0.05) is 18.9 Å². The van der Waals surface area contributed by atoms with Crippen LogP contribution in [-0.2, 0) is 16.0 Å². The SMILES string of the molecule is C[C@H]1CC=CCCC=CC(=O)Cc2cc(O)cc(O)c2C(=O)O1. The molecule has 0 spiro atoms. The Morgan fingerprint density at radius 3 is 2.61 bits per heavy atom. The molecular weight excluding hydrogens is 296 g/mol. The Morgan fingerprint density at radius 1 is 1.09 bits per heavy atom. The zero-order chi connectivity index (χ0) is 16.8. The summed E-state index contributed by atoms with van der Waals surface area (Å²) in [7, 11) is 0. The number of aromatic hydroxyl groups is 2. The molecule has 1 heterocycles. The lowest BCUT2D eigenvalue weighted by Crippen LogP contribution is -2.17. The Kier molecular flexibility index (Phi) is 5.57. The molecule has 1 aliphatic heterocycles. The maximum atomic E-state index is 12.3. The number of carbonyl (C=O) groups excluding carboxylic acids is 2. The Bertz CT molecular complexity index is 658. The largest absolute Gasteiger partial charge is 0.508 e. The van der Waals surface area contributed by atoms with Gasteiger partial charge in [0.05, 0.1) is 0 Å². The van der Waals surface area contributed by atoms with Gasteiger partial charge in [0.15, 0.2) is 5.78 Å². The molecule has 5 nitrogen and oxygen atoms in total. The number of benzene rings is 1. The van der Waals surface area contributed by atoms with E-state index in [0.29, 0.717) is 6.42 Å². The average Bonchev–Trinajstić information content (AvgIpc) is 2.44. The molecule has 0 radical (unpaired) electrons. The number of rotatable bonds is 0. The van der Waals surface area contributed by atoms with E-state index in [-0.39, 0.29) is 35.2 Å². The molecule has 0 unspecified atom stereocenters. The Morgan fingerprint density at radius 2 is 1.83 bits per heavy atom. The van der Waals surface area contributed by atoms with Crippen LogP contribution >= 0.6 is 0 Å². The first-order valence-electron chi connectivity index (χ1n) is 7.57. The normalized spacial score (nSPS) is 19.8. The van der Waals surface area contributed by atoms with Crippen molar-refractivity contribution < 1.29 is 24.5 Å². The van der Waals surface area contributed by atoms with E-state index in [9.17, 15) is 19.8 Å². The number of carbonyl (C=O) groups is 2. The van der Waals surface area contributed by atoms with Crippen LogP contribution < -0.4 is 0 Å². The highest BCUT2D eigenvalue weighted by Gasteiger charge is 2.22. The summed E-state index contributed by atoms with van der Waals surface area (Å²) >= 11 is 0. The van der Waals surface area contributed by atoms with Crippen molar-refractivity contribution >= 4 is 11.8 Å². The van der Waals surface area contributed by atoms with Crippen molar-refractivity contribution in [2.45, 2.75) is 38.7 Å². The molecule has 5 heteroatoms. The van der Waals surface area contributed by atoms with Crippen LogP contribution in [0.25, 0.3) is 0 Å². The quantitative estimate of drug-likeness (QED) is 0.568. The number of allylic oxidation sites excluding steroid dienone is 3. The van der Waals surface area contributed by atoms with Crippen molar-refractivity contribution in [1.29, 1.82) is 0 Å². The fourth-order valence-electron chi connectivity index (χ4n) is 2.39. The molecule has 0 saturated heterocycles. The second-order valence-electron chi connectivity index (χ2n) is 5.54. The van der Waals surface area contributed by atoms with Crippen LogP contribution in [0.3, 0.4) is 0 Å². The van der Waals surface area contributed by atoms with E-state index in [1.165, 1.54) is 12.1 Å². The van der Waals surface area contributed by atoms with Gasteiger partial charge in [0.2, 0.25) is 0 Å². The summed E-state index contributed by atoms with van der Waals surface area (Å²) in [6.45, 7) is 1.76. The first kappa shape index (κ1) is 16.8. The van der Waals surface area contributed by atoms with E-state index in [0.717, 1.165) is 18.9 Å². The number of hydrogen-bond donors (Lipinski definition) is 2. The number of cyclic esters (lactones) is 1. The van der Waals surface area contributed by atoms with E-state index >= 15 is 0 Å². The maximum Gasteiger partial charge on any atom is 0.342 e. The first-order chi connectivity index (χ1) is 11.0. The summed E-state index contributed by atoms with van der Waals surface area (Å²) in [6, 6.07) is 2.37. The van der Waals surface area contributed by atoms with Crippen molar-refractivity contribution in [1.82, 2.24) is 0 Å². The fraction of sp³-hybridized carbons (Fsp3) is 0.333.